The number of benzene rings is 2. The molecule has 2 aromatic rings. The molecular weight excluding hydrogens is 266 g/mol. The summed E-state index contributed by atoms with van der Waals surface area (Å²) < 4.78 is 16.2. The Morgan fingerprint density at radius 3 is 2.57 bits per heavy atom. The predicted molar refractivity (Wildman–Crippen MR) is 84.9 cm³/mol. The molecule has 0 fully saturated rings. The second-order valence-electron chi connectivity index (χ2n) is 4.76. The molecule has 0 aliphatic heterocycles. The quantitative estimate of drug-likeness (QED) is 0.720. The van der Waals surface area contributed by atoms with Gasteiger partial charge in [-0.05, 0) is 29.8 Å². The Morgan fingerprint density at radius 2 is 1.76 bits per heavy atom. The summed E-state index contributed by atoms with van der Waals surface area (Å²) in [5, 5.41) is 2.42. The molecule has 0 saturated carbocycles. The molecule has 0 unspecified atom stereocenters. The van der Waals surface area contributed by atoms with Crippen LogP contribution in [-0.4, -0.2) is 40.1 Å². The maximum Gasteiger partial charge on any atom is 0.123 e. The molecule has 2 N–H and O–H groups in total. The van der Waals surface area contributed by atoms with Gasteiger partial charge in [0.15, 0.2) is 0 Å². The summed E-state index contributed by atoms with van der Waals surface area (Å²) in [6.45, 7) is 2.88. The molecule has 114 valence electrons. The van der Waals surface area contributed by atoms with Gasteiger partial charge >= 0.3 is 0 Å². The molecule has 21 heavy (non-hydrogen) atoms. The van der Waals surface area contributed by atoms with Crippen molar-refractivity contribution in [3.05, 3.63) is 42.0 Å². The summed E-state index contributed by atoms with van der Waals surface area (Å²) in [4.78, 5) is 0. The number of nitrogens with two attached hydrogens (primary N) is 1. The van der Waals surface area contributed by atoms with Crippen molar-refractivity contribution < 1.29 is 14.2 Å². The second-order valence-corrected chi connectivity index (χ2v) is 4.76. The fourth-order valence-corrected chi connectivity index (χ4v) is 2.31. The molecule has 0 spiro atoms. The second kappa shape index (κ2) is 8.62. The molecule has 0 bridgehead atoms. The largest absolute Gasteiger partial charge is 0.491 e. The number of hydrogen-bond acceptors (Lipinski definition) is 4. The van der Waals surface area contributed by atoms with Crippen molar-refractivity contribution in [2.24, 2.45) is 5.73 Å². The van der Waals surface area contributed by atoms with Gasteiger partial charge in [-0.15, -0.1) is 0 Å². The number of fused-ring (bicyclic) bond motifs is 1. The molecule has 0 heterocycles. The molecule has 0 amide bonds. The Morgan fingerprint density at radius 1 is 0.952 bits per heavy atom. The van der Waals surface area contributed by atoms with Crippen molar-refractivity contribution in [1.29, 1.82) is 0 Å². The SMILES string of the molecule is COCCOCCOc1ccc2ccccc2c1CCN. The van der Waals surface area contributed by atoms with Crippen molar-refractivity contribution in [2.45, 2.75) is 6.42 Å². The first-order valence-corrected chi connectivity index (χ1v) is 7.27. The van der Waals surface area contributed by atoms with Gasteiger partial charge in [0, 0.05) is 12.7 Å². The summed E-state index contributed by atoms with van der Waals surface area (Å²) >= 11 is 0. The van der Waals surface area contributed by atoms with Crippen LogP contribution in [0.2, 0.25) is 0 Å². The van der Waals surface area contributed by atoms with Gasteiger partial charge in [-0.1, -0.05) is 30.3 Å². The minimum absolute atomic E-state index is 0.527. The summed E-state index contributed by atoms with van der Waals surface area (Å²) in [7, 11) is 1.66. The fraction of sp³-hybridized carbons (Fsp3) is 0.412. The van der Waals surface area contributed by atoms with Crippen LogP contribution >= 0.6 is 0 Å². The third-order valence-corrected chi connectivity index (χ3v) is 3.31. The summed E-state index contributed by atoms with van der Waals surface area (Å²) in [5.74, 6) is 0.898. The smallest absolute Gasteiger partial charge is 0.123 e. The molecule has 0 aliphatic carbocycles. The molecule has 0 aliphatic rings. The molecule has 4 nitrogen and oxygen atoms in total. The van der Waals surface area contributed by atoms with Gasteiger partial charge in [0.05, 0.1) is 19.8 Å². The zero-order chi connectivity index (χ0) is 14.9. The van der Waals surface area contributed by atoms with E-state index in [0.717, 1.165) is 12.2 Å². The van der Waals surface area contributed by atoms with Crippen LogP contribution in [0.3, 0.4) is 0 Å². The van der Waals surface area contributed by atoms with Gasteiger partial charge < -0.3 is 19.9 Å². The monoisotopic (exact) mass is 289 g/mol. The Hall–Kier alpha value is -1.62. The lowest BCUT2D eigenvalue weighted by Gasteiger charge is -2.14. The van der Waals surface area contributed by atoms with E-state index < -0.39 is 0 Å². The van der Waals surface area contributed by atoms with E-state index in [2.05, 4.69) is 18.2 Å². The van der Waals surface area contributed by atoms with Crippen LogP contribution in [0.15, 0.2) is 36.4 Å². The van der Waals surface area contributed by atoms with Crippen molar-refractivity contribution >= 4 is 10.8 Å². The number of ether oxygens (including phenoxy) is 3. The minimum Gasteiger partial charge on any atom is -0.491 e. The number of rotatable bonds is 9. The van der Waals surface area contributed by atoms with Gasteiger partial charge in [-0.2, -0.15) is 0 Å². The zero-order valence-corrected chi connectivity index (χ0v) is 12.5. The minimum atomic E-state index is 0.527. The van der Waals surface area contributed by atoms with Crippen LogP contribution < -0.4 is 10.5 Å². The van der Waals surface area contributed by atoms with Gasteiger partial charge in [-0.25, -0.2) is 0 Å². The van der Waals surface area contributed by atoms with Crippen molar-refractivity contribution in [3.8, 4) is 5.75 Å². The van der Waals surface area contributed by atoms with Gasteiger partial charge in [-0.3, -0.25) is 0 Å². The highest BCUT2D eigenvalue weighted by atomic mass is 16.5. The van der Waals surface area contributed by atoms with Crippen molar-refractivity contribution in [2.75, 3.05) is 40.1 Å². The molecule has 0 aromatic heterocycles. The van der Waals surface area contributed by atoms with Gasteiger partial charge in [0.2, 0.25) is 0 Å². The van der Waals surface area contributed by atoms with Crippen molar-refractivity contribution in [1.82, 2.24) is 0 Å². The van der Waals surface area contributed by atoms with Crippen LogP contribution in [0.1, 0.15) is 5.56 Å². The third kappa shape index (κ3) is 4.43. The summed E-state index contributed by atoms with van der Waals surface area (Å²) in [6, 6.07) is 12.4. The van der Waals surface area contributed by atoms with E-state index in [-0.39, 0.29) is 0 Å². The molecular formula is C17H23NO3. The van der Waals surface area contributed by atoms with Crippen LogP contribution in [0.5, 0.6) is 5.75 Å². The normalized spacial score (nSPS) is 11.0. The molecule has 4 heteroatoms. The molecule has 0 saturated heterocycles. The van der Waals surface area contributed by atoms with Crippen LogP contribution in [-0.2, 0) is 15.9 Å². The van der Waals surface area contributed by atoms with Crippen LogP contribution in [0.25, 0.3) is 10.8 Å². The molecule has 2 rings (SSSR count). The standard InChI is InChI=1S/C17H23NO3/c1-19-10-11-20-12-13-21-17-7-6-14-4-2-3-5-15(14)16(17)8-9-18/h2-7H,8-13,18H2,1H3. The third-order valence-electron chi connectivity index (χ3n) is 3.31. The highest BCUT2D eigenvalue weighted by molar-refractivity contribution is 5.87. The average molecular weight is 289 g/mol. The van der Waals surface area contributed by atoms with Crippen LogP contribution in [0.4, 0.5) is 0 Å². The lowest BCUT2D eigenvalue weighted by molar-refractivity contribution is 0.0543. The first-order chi connectivity index (χ1) is 10.4. The first-order valence-electron chi connectivity index (χ1n) is 7.27. The number of methoxy groups -OCH3 is 1. The van der Waals surface area contributed by atoms with E-state index in [1.807, 2.05) is 18.2 Å². The Bertz CT molecular complexity index is 557. The first kappa shape index (κ1) is 15.8. The van der Waals surface area contributed by atoms with E-state index in [1.54, 1.807) is 7.11 Å². The lowest BCUT2D eigenvalue weighted by atomic mass is 10.0. The fourth-order valence-electron chi connectivity index (χ4n) is 2.31. The maximum atomic E-state index is 5.86. The summed E-state index contributed by atoms with van der Waals surface area (Å²) in [5.41, 5.74) is 6.91. The lowest BCUT2D eigenvalue weighted by Crippen LogP contribution is -2.12. The maximum absolute atomic E-state index is 5.86. The Labute approximate surface area is 125 Å². The summed E-state index contributed by atoms with van der Waals surface area (Å²) in [6.07, 6.45) is 0.807. The Balaban J connectivity index is 2.03. The molecule has 2 aromatic carbocycles. The highest BCUT2D eigenvalue weighted by Crippen LogP contribution is 2.28. The zero-order valence-electron chi connectivity index (χ0n) is 12.5. The average Bonchev–Trinajstić information content (AvgIpc) is 2.52. The van der Waals surface area contributed by atoms with Gasteiger partial charge in [0.25, 0.3) is 0 Å². The Kier molecular flexibility index (Phi) is 6.47. The number of hydrogen-bond donors (Lipinski definition) is 1. The molecule has 0 atom stereocenters. The predicted octanol–water partition coefficient (Wildman–Crippen LogP) is 2.38. The van der Waals surface area contributed by atoms with Crippen molar-refractivity contribution in [3.63, 3.8) is 0 Å². The topological polar surface area (TPSA) is 53.7 Å². The van der Waals surface area contributed by atoms with E-state index in [9.17, 15) is 0 Å². The van der Waals surface area contributed by atoms with Crippen LogP contribution in [0, 0.1) is 0 Å². The van der Waals surface area contributed by atoms with Gasteiger partial charge in [0.1, 0.15) is 12.4 Å². The van der Waals surface area contributed by atoms with E-state index in [0.29, 0.717) is 33.0 Å². The van der Waals surface area contributed by atoms with E-state index >= 15 is 0 Å². The van der Waals surface area contributed by atoms with E-state index in [1.165, 1.54) is 16.3 Å². The molecule has 0 radical (unpaired) electrons. The highest BCUT2D eigenvalue weighted by Gasteiger charge is 2.08. The van der Waals surface area contributed by atoms with E-state index in [4.69, 9.17) is 19.9 Å².